The van der Waals surface area contributed by atoms with Crippen LogP contribution in [-0.2, 0) is 6.42 Å². The number of hydrogen-bond donors (Lipinski definition) is 0. The summed E-state index contributed by atoms with van der Waals surface area (Å²) in [6.45, 7) is 4.20. The summed E-state index contributed by atoms with van der Waals surface area (Å²) >= 11 is 6.27. The van der Waals surface area contributed by atoms with Gasteiger partial charge in [-0.1, -0.05) is 31.4 Å². The van der Waals surface area contributed by atoms with Gasteiger partial charge >= 0.3 is 0 Å². The molecule has 1 aromatic heterocycles. The van der Waals surface area contributed by atoms with Crippen LogP contribution in [0, 0.1) is 6.92 Å². The van der Waals surface area contributed by atoms with Crippen LogP contribution < -0.4 is 0 Å². The van der Waals surface area contributed by atoms with E-state index in [0.717, 1.165) is 17.3 Å². The van der Waals surface area contributed by atoms with Crippen molar-refractivity contribution in [2.24, 2.45) is 0 Å². The molecule has 2 nitrogen and oxygen atoms in total. The third-order valence-electron chi connectivity index (χ3n) is 3.18. The van der Waals surface area contributed by atoms with Crippen molar-refractivity contribution >= 4 is 11.6 Å². The smallest absolute Gasteiger partial charge is 0.130 e. The predicted octanol–water partition coefficient (Wildman–Crippen LogP) is 3.52. The van der Waals surface area contributed by atoms with Crippen molar-refractivity contribution in [3.8, 4) is 0 Å². The molecule has 1 aliphatic rings. The molecule has 1 fully saturated rings. The molecule has 0 bridgehead atoms. The lowest BCUT2D eigenvalue weighted by Gasteiger charge is -2.10. The van der Waals surface area contributed by atoms with Crippen LogP contribution in [0.1, 0.15) is 49.9 Å². The first kappa shape index (κ1) is 10.0. The summed E-state index contributed by atoms with van der Waals surface area (Å²) in [5, 5.41) is 5.45. The summed E-state index contributed by atoms with van der Waals surface area (Å²) in [5.41, 5.74) is 2.32. The molecular weight excluding hydrogens is 196 g/mol. The first-order valence-electron chi connectivity index (χ1n) is 5.47. The Morgan fingerprint density at radius 2 is 2.07 bits per heavy atom. The molecule has 0 unspecified atom stereocenters. The Morgan fingerprint density at radius 3 is 2.57 bits per heavy atom. The Labute approximate surface area is 90.3 Å². The lowest BCUT2D eigenvalue weighted by atomic mass is 10.2. The summed E-state index contributed by atoms with van der Waals surface area (Å²) in [6, 6.07) is 0.557. The first-order chi connectivity index (χ1) is 6.74. The van der Waals surface area contributed by atoms with Gasteiger partial charge in [-0.3, -0.25) is 4.68 Å². The van der Waals surface area contributed by atoms with Crippen LogP contribution >= 0.6 is 11.6 Å². The van der Waals surface area contributed by atoms with E-state index in [1.807, 2.05) is 4.68 Å². The van der Waals surface area contributed by atoms with E-state index in [9.17, 15) is 0 Å². The molecule has 0 amide bonds. The Morgan fingerprint density at radius 1 is 1.43 bits per heavy atom. The fourth-order valence-electron chi connectivity index (χ4n) is 2.27. The monoisotopic (exact) mass is 212 g/mol. The highest BCUT2D eigenvalue weighted by atomic mass is 35.5. The maximum atomic E-state index is 6.27. The SMILES string of the molecule is CCc1nn(C2CCCC2)c(Cl)c1C. The van der Waals surface area contributed by atoms with E-state index >= 15 is 0 Å². The average Bonchev–Trinajstić information content (AvgIpc) is 2.78. The topological polar surface area (TPSA) is 17.8 Å². The highest BCUT2D eigenvalue weighted by Gasteiger charge is 2.22. The predicted molar refractivity (Wildman–Crippen MR) is 58.9 cm³/mol. The van der Waals surface area contributed by atoms with Crippen molar-refractivity contribution in [3.05, 3.63) is 16.4 Å². The van der Waals surface area contributed by atoms with Crippen LogP contribution in [0.5, 0.6) is 0 Å². The summed E-state index contributed by atoms with van der Waals surface area (Å²) in [7, 11) is 0. The highest BCUT2D eigenvalue weighted by Crippen LogP contribution is 2.33. The quantitative estimate of drug-likeness (QED) is 0.734. The van der Waals surface area contributed by atoms with E-state index in [2.05, 4.69) is 18.9 Å². The molecule has 1 saturated carbocycles. The van der Waals surface area contributed by atoms with Crippen LogP contribution in [0.3, 0.4) is 0 Å². The fourth-order valence-corrected chi connectivity index (χ4v) is 2.55. The van der Waals surface area contributed by atoms with E-state index in [4.69, 9.17) is 11.6 Å². The summed E-state index contributed by atoms with van der Waals surface area (Å²) < 4.78 is 2.04. The van der Waals surface area contributed by atoms with Crippen LogP contribution in [0.15, 0.2) is 0 Å². The van der Waals surface area contributed by atoms with Gasteiger partial charge in [-0.15, -0.1) is 0 Å². The molecule has 14 heavy (non-hydrogen) atoms. The molecule has 0 aliphatic heterocycles. The van der Waals surface area contributed by atoms with Crippen molar-refractivity contribution < 1.29 is 0 Å². The average molecular weight is 213 g/mol. The molecule has 0 atom stereocenters. The van der Waals surface area contributed by atoms with Gasteiger partial charge in [0.2, 0.25) is 0 Å². The number of halogens is 1. The molecule has 1 aliphatic carbocycles. The van der Waals surface area contributed by atoms with E-state index in [0.29, 0.717) is 6.04 Å². The lowest BCUT2D eigenvalue weighted by Crippen LogP contribution is -2.06. The van der Waals surface area contributed by atoms with Crippen LogP contribution in [0.2, 0.25) is 5.15 Å². The molecule has 0 N–H and O–H groups in total. The third-order valence-corrected chi connectivity index (χ3v) is 3.63. The molecule has 0 radical (unpaired) electrons. The molecule has 0 spiro atoms. The van der Waals surface area contributed by atoms with Crippen LogP contribution in [0.25, 0.3) is 0 Å². The van der Waals surface area contributed by atoms with Gasteiger partial charge in [0.25, 0.3) is 0 Å². The molecule has 0 aromatic carbocycles. The maximum absolute atomic E-state index is 6.27. The lowest BCUT2D eigenvalue weighted by molar-refractivity contribution is 0.464. The van der Waals surface area contributed by atoms with Crippen molar-refractivity contribution in [2.75, 3.05) is 0 Å². The Hall–Kier alpha value is -0.500. The molecule has 1 aromatic rings. The fraction of sp³-hybridized carbons (Fsp3) is 0.727. The van der Waals surface area contributed by atoms with Crippen molar-refractivity contribution in [1.29, 1.82) is 0 Å². The Balaban J connectivity index is 2.32. The third kappa shape index (κ3) is 1.56. The van der Waals surface area contributed by atoms with Gasteiger partial charge in [-0.2, -0.15) is 5.10 Å². The van der Waals surface area contributed by atoms with Gasteiger partial charge in [0.05, 0.1) is 11.7 Å². The van der Waals surface area contributed by atoms with Crippen LogP contribution in [0.4, 0.5) is 0 Å². The zero-order valence-corrected chi connectivity index (χ0v) is 9.64. The standard InChI is InChI=1S/C11H17ClN2/c1-3-10-8(2)11(12)14(13-10)9-6-4-5-7-9/h9H,3-7H2,1-2H3. The Kier molecular flexibility index (Phi) is 2.82. The van der Waals surface area contributed by atoms with E-state index < -0.39 is 0 Å². The number of rotatable bonds is 2. The zero-order chi connectivity index (χ0) is 10.1. The Bertz CT molecular complexity index is 324. The minimum Gasteiger partial charge on any atom is -0.250 e. The molecule has 78 valence electrons. The minimum atomic E-state index is 0.557. The minimum absolute atomic E-state index is 0.557. The van der Waals surface area contributed by atoms with Crippen molar-refractivity contribution in [2.45, 2.75) is 52.0 Å². The van der Waals surface area contributed by atoms with Gasteiger partial charge in [0.15, 0.2) is 0 Å². The van der Waals surface area contributed by atoms with E-state index in [1.165, 1.54) is 31.2 Å². The second kappa shape index (κ2) is 3.93. The first-order valence-corrected chi connectivity index (χ1v) is 5.85. The second-order valence-corrected chi connectivity index (χ2v) is 4.46. The largest absolute Gasteiger partial charge is 0.250 e. The van der Waals surface area contributed by atoms with E-state index in [-0.39, 0.29) is 0 Å². The summed E-state index contributed by atoms with van der Waals surface area (Å²) in [4.78, 5) is 0. The second-order valence-electron chi connectivity index (χ2n) is 4.10. The van der Waals surface area contributed by atoms with Gasteiger partial charge in [0, 0.05) is 5.56 Å². The van der Waals surface area contributed by atoms with Gasteiger partial charge < -0.3 is 0 Å². The number of aryl methyl sites for hydroxylation is 1. The van der Waals surface area contributed by atoms with E-state index in [1.54, 1.807) is 0 Å². The van der Waals surface area contributed by atoms with Gasteiger partial charge in [0.1, 0.15) is 5.15 Å². The molecule has 1 heterocycles. The molecule has 2 rings (SSSR count). The van der Waals surface area contributed by atoms with Crippen molar-refractivity contribution in [3.63, 3.8) is 0 Å². The van der Waals surface area contributed by atoms with Crippen molar-refractivity contribution in [1.82, 2.24) is 9.78 Å². The normalized spacial score (nSPS) is 17.9. The number of aromatic nitrogens is 2. The molecule has 0 saturated heterocycles. The summed E-state index contributed by atoms with van der Waals surface area (Å²) in [6.07, 6.45) is 6.10. The number of nitrogens with zero attached hydrogens (tertiary/aromatic N) is 2. The number of hydrogen-bond acceptors (Lipinski definition) is 1. The maximum Gasteiger partial charge on any atom is 0.130 e. The molecular formula is C11H17ClN2. The highest BCUT2D eigenvalue weighted by molar-refractivity contribution is 6.30. The zero-order valence-electron chi connectivity index (χ0n) is 8.89. The van der Waals surface area contributed by atoms with Crippen LogP contribution in [-0.4, -0.2) is 9.78 Å². The molecule has 3 heteroatoms. The van der Waals surface area contributed by atoms with Gasteiger partial charge in [-0.25, -0.2) is 0 Å². The summed E-state index contributed by atoms with van der Waals surface area (Å²) in [5.74, 6) is 0. The van der Waals surface area contributed by atoms with Gasteiger partial charge in [-0.05, 0) is 26.2 Å².